The van der Waals surface area contributed by atoms with E-state index in [0.717, 1.165) is 5.69 Å². The largest absolute Gasteiger partial charge is 0.395 e. The first-order valence-electron chi connectivity index (χ1n) is 6.44. The molecular weight excluding hydrogens is 236 g/mol. The van der Waals surface area contributed by atoms with Gasteiger partial charge < -0.3 is 15.7 Å². The van der Waals surface area contributed by atoms with Crippen molar-refractivity contribution in [3.8, 4) is 11.1 Å². The van der Waals surface area contributed by atoms with Gasteiger partial charge in [-0.3, -0.25) is 0 Å². The molecule has 0 spiro atoms. The van der Waals surface area contributed by atoms with Gasteiger partial charge in [0.2, 0.25) is 0 Å². The highest BCUT2D eigenvalue weighted by molar-refractivity contribution is 5.66. The van der Waals surface area contributed by atoms with Gasteiger partial charge in [-0.2, -0.15) is 0 Å². The van der Waals surface area contributed by atoms with Crippen LogP contribution >= 0.6 is 0 Å². The summed E-state index contributed by atoms with van der Waals surface area (Å²) in [6.45, 7) is 0.646. The van der Waals surface area contributed by atoms with Crippen LogP contribution in [0.1, 0.15) is 0 Å². The summed E-state index contributed by atoms with van der Waals surface area (Å²) in [5.74, 6) is 0. The Labute approximate surface area is 114 Å². The molecule has 0 fully saturated rings. The number of hydrogen-bond acceptors (Lipinski definition) is 3. The van der Waals surface area contributed by atoms with E-state index >= 15 is 0 Å². The molecule has 100 valence electrons. The fourth-order valence-electron chi connectivity index (χ4n) is 2.05. The first-order chi connectivity index (χ1) is 9.20. The van der Waals surface area contributed by atoms with Gasteiger partial charge in [-0.05, 0) is 23.3 Å². The van der Waals surface area contributed by atoms with E-state index in [-0.39, 0.29) is 12.6 Å². The van der Waals surface area contributed by atoms with Gasteiger partial charge in [-0.25, -0.2) is 0 Å². The summed E-state index contributed by atoms with van der Waals surface area (Å²) in [5.41, 5.74) is 9.25. The molecule has 0 saturated heterocycles. The minimum Gasteiger partial charge on any atom is -0.395 e. The molecule has 3 nitrogen and oxygen atoms in total. The smallest absolute Gasteiger partial charge is 0.0599 e. The summed E-state index contributed by atoms with van der Waals surface area (Å²) in [5, 5.41) is 8.97. The number of nitrogens with zero attached hydrogens (tertiary/aromatic N) is 1. The number of benzene rings is 2. The summed E-state index contributed by atoms with van der Waals surface area (Å²) >= 11 is 0. The normalized spacial score (nSPS) is 12.2. The molecular formula is C16H20N2O. The first-order valence-corrected chi connectivity index (χ1v) is 6.44. The molecule has 2 aromatic carbocycles. The predicted octanol–water partition coefficient (Wildman–Crippen LogP) is 2.11. The predicted molar refractivity (Wildman–Crippen MR) is 80.2 cm³/mol. The van der Waals surface area contributed by atoms with Gasteiger partial charge in [0.15, 0.2) is 0 Å². The highest BCUT2D eigenvalue weighted by Crippen LogP contribution is 2.22. The molecule has 0 aliphatic carbocycles. The maximum absolute atomic E-state index is 8.97. The van der Waals surface area contributed by atoms with E-state index in [1.54, 1.807) is 0 Å². The number of hydrogen-bond donors (Lipinski definition) is 2. The van der Waals surface area contributed by atoms with E-state index in [1.165, 1.54) is 11.1 Å². The Morgan fingerprint density at radius 3 is 2.16 bits per heavy atom. The first kappa shape index (κ1) is 13.6. The van der Waals surface area contributed by atoms with Crippen LogP contribution in [0.2, 0.25) is 0 Å². The van der Waals surface area contributed by atoms with Crippen LogP contribution in [0.4, 0.5) is 5.69 Å². The summed E-state index contributed by atoms with van der Waals surface area (Å²) in [7, 11) is 1.98. The number of anilines is 1. The number of aliphatic hydroxyl groups excluding tert-OH is 1. The molecule has 1 unspecified atom stereocenters. The number of nitrogens with two attached hydrogens (primary N) is 1. The number of rotatable bonds is 5. The summed E-state index contributed by atoms with van der Waals surface area (Å²) in [6.07, 6.45) is 0. The van der Waals surface area contributed by atoms with E-state index in [2.05, 4.69) is 41.3 Å². The van der Waals surface area contributed by atoms with E-state index in [4.69, 9.17) is 10.8 Å². The molecule has 0 aromatic heterocycles. The third-order valence-electron chi connectivity index (χ3n) is 3.16. The van der Waals surface area contributed by atoms with Crippen molar-refractivity contribution in [2.75, 3.05) is 25.1 Å². The fourth-order valence-corrected chi connectivity index (χ4v) is 2.05. The van der Waals surface area contributed by atoms with Crippen molar-refractivity contribution in [2.24, 2.45) is 5.73 Å². The molecule has 0 aliphatic heterocycles. The molecule has 1 atom stereocenters. The van der Waals surface area contributed by atoms with Crippen LogP contribution in [0.3, 0.4) is 0 Å². The molecule has 0 saturated carbocycles. The summed E-state index contributed by atoms with van der Waals surface area (Å²) < 4.78 is 0. The Kier molecular flexibility index (Phi) is 4.55. The lowest BCUT2D eigenvalue weighted by Crippen LogP contribution is -2.37. The Bertz CT molecular complexity index is 496. The van der Waals surface area contributed by atoms with Crippen LogP contribution in [0.5, 0.6) is 0 Å². The zero-order valence-corrected chi connectivity index (χ0v) is 11.2. The van der Waals surface area contributed by atoms with Crippen LogP contribution in [0, 0.1) is 0 Å². The second-order valence-electron chi connectivity index (χ2n) is 4.74. The number of aliphatic hydroxyl groups is 1. The highest BCUT2D eigenvalue weighted by atomic mass is 16.3. The van der Waals surface area contributed by atoms with Crippen molar-refractivity contribution in [1.82, 2.24) is 0 Å². The minimum absolute atomic E-state index is 0.00639. The van der Waals surface area contributed by atoms with Crippen molar-refractivity contribution in [3.05, 3.63) is 54.6 Å². The van der Waals surface area contributed by atoms with Crippen LogP contribution in [-0.4, -0.2) is 31.3 Å². The van der Waals surface area contributed by atoms with Gasteiger partial charge in [-0.15, -0.1) is 0 Å². The SMILES string of the molecule is CN(CC(N)CO)c1ccc(-c2ccccc2)cc1. The van der Waals surface area contributed by atoms with Gasteiger partial charge in [-0.1, -0.05) is 42.5 Å². The van der Waals surface area contributed by atoms with E-state index in [1.807, 2.05) is 25.2 Å². The standard InChI is InChI=1S/C16H20N2O/c1-18(11-15(17)12-19)16-9-7-14(8-10-16)13-5-3-2-4-6-13/h2-10,15,19H,11-12,17H2,1H3. The van der Waals surface area contributed by atoms with Crippen molar-refractivity contribution >= 4 is 5.69 Å². The molecule has 0 aliphatic rings. The lowest BCUT2D eigenvalue weighted by molar-refractivity contribution is 0.267. The number of likely N-dealkylation sites (N-methyl/N-ethyl adjacent to an activating group) is 1. The van der Waals surface area contributed by atoms with Crippen LogP contribution in [-0.2, 0) is 0 Å². The average Bonchev–Trinajstić information content (AvgIpc) is 2.48. The zero-order chi connectivity index (χ0) is 13.7. The van der Waals surface area contributed by atoms with Crippen molar-refractivity contribution in [1.29, 1.82) is 0 Å². The Morgan fingerprint density at radius 2 is 1.58 bits per heavy atom. The Balaban J connectivity index is 2.10. The van der Waals surface area contributed by atoms with Gasteiger partial charge in [0.05, 0.1) is 6.61 Å². The van der Waals surface area contributed by atoms with Gasteiger partial charge in [0.1, 0.15) is 0 Å². The van der Waals surface area contributed by atoms with Crippen LogP contribution < -0.4 is 10.6 Å². The fraction of sp³-hybridized carbons (Fsp3) is 0.250. The highest BCUT2D eigenvalue weighted by Gasteiger charge is 2.06. The Morgan fingerprint density at radius 1 is 1.00 bits per heavy atom. The van der Waals surface area contributed by atoms with E-state index in [9.17, 15) is 0 Å². The van der Waals surface area contributed by atoms with Crippen molar-refractivity contribution < 1.29 is 5.11 Å². The molecule has 3 N–H and O–H groups in total. The molecule has 3 heteroatoms. The van der Waals surface area contributed by atoms with Gasteiger partial charge in [0.25, 0.3) is 0 Å². The summed E-state index contributed by atoms with van der Waals surface area (Å²) in [6, 6.07) is 18.4. The maximum Gasteiger partial charge on any atom is 0.0599 e. The monoisotopic (exact) mass is 256 g/mol. The third-order valence-corrected chi connectivity index (χ3v) is 3.16. The van der Waals surface area contributed by atoms with Crippen molar-refractivity contribution in [2.45, 2.75) is 6.04 Å². The molecule has 2 aromatic rings. The third kappa shape index (κ3) is 3.56. The minimum atomic E-state index is -0.209. The van der Waals surface area contributed by atoms with Gasteiger partial charge in [0, 0.05) is 25.3 Å². The van der Waals surface area contributed by atoms with Gasteiger partial charge >= 0.3 is 0 Å². The maximum atomic E-state index is 8.97. The second kappa shape index (κ2) is 6.36. The molecule has 2 rings (SSSR count). The van der Waals surface area contributed by atoms with Crippen molar-refractivity contribution in [3.63, 3.8) is 0 Å². The Hall–Kier alpha value is -1.84. The molecule has 0 radical (unpaired) electrons. The average molecular weight is 256 g/mol. The molecule has 0 bridgehead atoms. The second-order valence-corrected chi connectivity index (χ2v) is 4.74. The van der Waals surface area contributed by atoms with Crippen LogP contribution in [0.15, 0.2) is 54.6 Å². The van der Waals surface area contributed by atoms with E-state index in [0.29, 0.717) is 6.54 Å². The lowest BCUT2D eigenvalue weighted by atomic mass is 10.1. The summed E-state index contributed by atoms with van der Waals surface area (Å²) in [4.78, 5) is 2.05. The quantitative estimate of drug-likeness (QED) is 0.861. The zero-order valence-electron chi connectivity index (χ0n) is 11.2. The lowest BCUT2D eigenvalue weighted by Gasteiger charge is -2.22. The molecule has 0 heterocycles. The van der Waals surface area contributed by atoms with E-state index < -0.39 is 0 Å². The molecule has 0 amide bonds. The van der Waals surface area contributed by atoms with Crippen LogP contribution in [0.25, 0.3) is 11.1 Å². The topological polar surface area (TPSA) is 49.5 Å². The molecule has 19 heavy (non-hydrogen) atoms.